The standard InChI is InChI=1S/C27H38N2O4/c1-20(2)27(19-28,22-10-12-24(31-5)26(18-22)33-7)14-8-15-29(3)16-13-21-9-11-23(30-4)25(17-21)32-6/h9-12,17-18,20H,8,13-16H2,1-7H3/i3D3,5D3,7D3,9D,10D,11D,12D,13D2,16D2,17D,18D. The maximum absolute atomic E-state index is 10.6. The summed E-state index contributed by atoms with van der Waals surface area (Å²) < 4.78 is 175. The Bertz CT molecular complexity index is 1680. The van der Waals surface area contributed by atoms with Gasteiger partial charge in [0.05, 0.1) is 56.2 Å². The van der Waals surface area contributed by atoms with Crippen LogP contribution < -0.4 is 18.9 Å². The molecule has 0 heterocycles. The molecule has 0 N–H and O–H groups in total. The van der Waals surface area contributed by atoms with Crippen molar-refractivity contribution in [2.45, 2.75) is 38.5 Å². The molecule has 0 aliphatic carbocycles. The lowest BCUT2D eigenvalue weighted by molar-refractivity contribution is 0.292. The zero-order valence-corrected chi connectivity index (χ0v) is 18.7. The van der Waals surface area contributed by atoms with Crippen molar-refractivity contribution < 1.29 is 45.0 Å². The number of hydrogen-bond acceptors (Lipinski definition) is 6. The van der Waals surface area contributed by atoms with Crippen LogP contribution in [0.4, 0.5) is 0 Å². The molecule has 0 spiro atoms. The predicted octanol–water partition coefficient (Wildman–Crippen LogP) is 5.09. The van der Waals surface area contributed by atoms with Gasteiger partial charge in [0.25, 0.3) is 0 Å². The highest BCUT2D eigenvalue weighted by Gasteiger charge is 2.36. The molecule has 1 atom stereocenters. The van der Waals surface area contributed by atoms with Crippen molar-refractivity contribution >= 4 is 0 Å². The van der Waals surface area contributed by atoms with Crippen LogP contribution in [0.5, 0.6) is 23.0 Å². The van der Waals surface area contributed by atoms with E-state index in [1.807, 2.05) is 6.07 Å². The van der Waals surface area contributed by atoms with Gasteiger partial charge in [-0.25, -0.2) is 0 Å². The lowest BCUT2D eigenvalue weighted by Gasteiger charge is -2.32. The SMILES string of the molecule is [2H]c1c([2H])c(C(C#N)(CCCN(C([2H])([2H])[2H])C([2H])([2H])C([2H])([2H])c2c([2H])c([2H])c(OC)c(OC)c2[2H])C(C)C)c([2H])c(OC([2H])([2H])[2H])c1OC([2H])([2H])[2H]. The summed E-state index contributed by atoms with van der Waals surface area (Å²) in [5, 5.41) is 10.6. The molecule has 0 aliphatic heterocycles. The molecule has 0 bridgehead atoms. The second kappa shape index (κ2) is 12.4. The highest BCUT2D eigenvalue weighted by molar-refractivity contribution is 5.47. The summed E-state index contributed by atoms with van der Waals surface area (Å²) in [6.07, 6.45) is -4.47. The molecule has 2 rings (SSSR count). The molecule has 0 aliphatic rings. The van der Waals surface area contributed by atoms with E-state index in [9.17, 15) is 5.26 Å². The number of nitriles is 1. The smallest absolute Gasteiger partial charge is 0.161 e. The van der Waals surface area contributed by atoms with Gasteiger partial charge in [-0.15, -0.1) is 0 Å². The van der Waals surface area contributed by atoms with Gasteiger partial charge >= 0.3 is 0 Å². The number of rotatable bonds is 13. The number of likely N-dealkylation sites (N-methyl/N-ethyl adjacent to an activating group) is 1. The quantitative estimate of drug-likeness (QED) is 0.404. The monoisotopic (exact) mass is 473 g/mol. The molecule has 180 valence electrons. The van der Waals surface area contributed by atoms with Crippen LogP contribution in [0.25, 0.3) is 0 Å². The van der Waals surface area contributed by atoms with Crippen molar-refractivity contribution in [2.75, 3.05) is 48.3 Å². The van der Waals surface area contributed by atoms with Gasteiger partial charge < -0.3 is 23.8 Å². The number of ether oxygens (including phenoxy) is 4. The zero-order chi connectivity index (χ0) is 40.7. The van der Waals surface area contributed by atoms with Crippen molar-refractivity contribution in [3.05, 3.63) is 47.4 Å². The highest BCUT2D eigenvalue weighted by Crippen LogP contribution is 2.40. The van der Waals surface area contributed by atoms with Gasteiger partial charge in [-0.1, -0.05) is 25.9 Å². The molecule has 0 amide bonds. The molecule has 0 saturated carbocycles. The van der Waals surface area contributed by atoms with Crippen LogP contribution in [-0.4, -0.2) is 53.2 Å². The zero-order valence-electron chi connectivity index (χ0n) is 37.7. The Morgan fingerprint density at radius 2 is 1.70 bits per heavy atom. The predicted molar refractivity (Wildman–Crippen MR) is 132 cm³/mol. The van der Waals surface area contributed by atoms with E-state index in [1.165, 1.54) is 13.8 Å². The van der Waals surface area contributed by atoms with E-state index in [0.717, 1.165) is 14.2 Å². The molecule has 0 fully saturated rings. The van der Waals surface area contributed by atoms with Gasteiger partial charge in [0.1, 0.15) is 0 Å². The van der Waals surface area contributed by atoms with Gasteiger partial charge in [-0.2, -0.15) is 5.26 Å². The fourth-order valence-electron chi connectivity index (χ4n) is 3.11. The van der Waals surface area contributed by atoms with E-state index in [1.54, 1.807) is 0 Å². The largest absolute Gasteiger partial charge is 0.493 e. The van der Waals surface area contributed by atoms with Crippen LogP contribution in [0.3, 0.4) is 0 Å². The van der Waals surface area contributed by atoms with Gasteiger partial charge in [-0.05, 0) is 73.9 Å². The Hall–Kier alpha value is -2.91. The Labute approximate surface area is 225 Å². The average molecular weight is 474 g/mol. The molecule has 2 aromatic carbocycles. The number of benzene rings is 2. The molecule has 6 nitrogen and oxygen atoms in total. The van der Waals surface area contributed by atoms with Crippen molar-refractivity contribution in [1.82, 2.24) is 4.90 Å². The van der Waals surface area contributed by atoms with Gasteiger partial charge in [0, 0.05) is 16.1 Å². The molecule has 33 heavy (non-hydrogen) atoms. The summed E-state index contributed by atoms with van der Waals surface area (Å²) in [7, 11) is -4.43. The summed E-state index contributed by atoms with van der Waals surface area (Å²) in [5.41, 5.74) is -3.63. The first kappa shape index (κ1) is 10.1. The molecule has 0 aromatic heterocycles. The number of nitrogens with zero attached hydrogens (tertiary/aromatic N) is 2. The molecule has 2 aromatic rings. The minimum Gasteiger partial charge on any atom is -0.493 e. The Morgan fingerprint density at radius 3 is 2.33 bits per heavy atom. The van der Waals surface area contributed by atoms with Crippen LogP contribution >= 0.6 is 0 Å². The van der Waals surface area contributed by atoms with Crippen LogP contribution in [0.15, 0.2) is 36.3 Å². The first-order chi connectivity index (χ1) is 23.4. The number of methoxy groups -OCH3 is 4. The minimum absolute atomic E-state index is 0.122. The van der Waals surface area contributed by atoms with E-state index in [2.05, 4.69) is 0 Å². The van der Waals surface area contributed by atoms with Crippen molar-refractivity contribution in [3.63, 3.8) is 0 Å². The summed E-state index contributed by atoms with van der Waals surface area (Å²) in [5.74, 6) is -3.93. The summed E-state index contributed by atoms with van der Waals surface area (Å²) in [4.78, 5) is 0.122. The maximum atomic E-state index is 10.6. The maximum Gasteiger partial charge on any atom is 0.161 e. The van der Waals surface area contributed by atoms with Gasteiger partial charge in [-0.3, -0.25) is 0 Å². The Balaban J connectivity index is 2.79. The van der Waals surface area contributed by atoms with Crippen molar-refractivity contribution in [3.8, 4) is 29.1 Å². The normalized spacial score (nSPS) is 23.2. The van der Waals surface area contributed by atoms with Crippen molar-refractivity contribution in [1.29, 1.82) is 5.26 Å². The van der Waals surface area contributed by atoms with E-state index >= 15 is 0 Å². The fourth-order valence-corrected chi connectivity index (χ4v) is 3.11. The van der Waals surface area contributed by atoms with Crippen molar-refractivity contribution in [2.24, 2.45) is 5.92 Å². The van der Waals surface area contributed by atoms with E-state index < -0.39 is 135 Å². The second-order valence-corrected chi connectivity index (χ2v) is 7.16. The first-order valence-corrected chi connectivity index (χ1v) is 9.83. The molecule has 0 saturated heterocycles. The third-order valence-electron chi connectivity index (χ3n) is 5.00. The van der Waals surface area contributed by atoms with E-state index in [0.29, 0.717) is 0 Å². The lowest BCUT2D eigenvalue weighted by atomic mass is 9.69. The topological polar surface area (TPSA) is 64.0 Å². The minimum atomic E-state index is -3.56. The summed E-state index contributed by atoms with van der Waals surface area (Å²) in [6, 6.07) is -3.55. The summed E-state index contributed by atoms with van der Waals surface area (Å²) >= 11 is 0. The van der Waals surface area contributed by atoms with Crippen LogP contribution in [0, 0.1) is 17.2 Å². The second-order valence-electron chi connectivity index (χ2n) is 7.16. The third-order valence-corrected chi connectivity index (χ3v) is 5.00. The van der Waals surface area contributed by atoms with Crippen LogP contribution in [-0.2, 0) is 11.8 Å². The fraction of sp³-hybridized carbons (Fsp3) is 0.519. The molecule has 0 radical (unpaired) electrons. The molecular weight excluding hydrogens is 416 g/mol. The van der Waals surface area contributed by atoms with Crippen LogP contribution in [0.1, 0.15) is 63.9 Å². The van der Waals surface area contributed by atoms with Crippen LogP contribution in [0.2, 0.25) is 0 Å². The molecule has 6 heteroatoms. The Kier molecular flexibility index (Phi) is 3.80. The Morgan fingerprint density at radius 1 is 1.03 bits per heavy atom. The summed E-state index contributed by atoms with van der Waals surface area (Å²) in [6.45, 7) is -4.90. The van der Waals surface area contributed by atoms with E-state index in [-0.39, 0.29) is 4.90 Å². The third kappa shape index (κ3) is 6.33. The van der Waals surface area contributed by atoms with E-state index in [4.69, 9.17) is 45.0 Å². The molecule has 1 unspecified atom stereocenters. The first-order valence-electron chi connectivity index (χ1n) is 19.3. The number of hydrogen-bond donors (Lipinski definition) is 0. The lowest BCUT2D eigenvalue weighted by Crippen LogP contribution is -2.32. The average Bonchev–Trinajstić information content (AvgIpc) is 2.98. The highest BCUT2D eigenvalue weighted by atomic mass is 16.5. The van der Waals surface area contributed by atoms with Gasteiger partial charge in [0.15, 0.2) is 23.0 Å². The molecular formula is C27H38N2O4. The van der Waals surface area contributed by atoms with Gasteiger partial charge in [0.2, 0.25) is 0 Å².